The Balaban J connectivity index is 0.000000221. The van der Waals surface area contributed by atoms with Crippen LogP contribution >= 0.6 is 31.9 Å². The molecule has 4 saturated heterocycles. The van der Waals surface area contributed by atoms with Gasteiger partial charge in [0.15, 0.2) is 0 Å². The highest BCUT2D eigenvalue weighted by Crippen LogP contribution is 2.31. The van der Waals surface area contributed by atoms with Crippen LogP contribution in [0.5, 0.6) is 0 Å². The van der Waals surface area contributed by atoms with Crippen LogP contribution in [0.2, 0.25) is 0 Å². The second kappa shape index (κ2) is 30.6. The van der Waals surface area contributed by atoms with E-state index in [2.05, 4.69) is 63.8 Å². The summed E-state index contributed by atoms with van der Waals surface area (Å²) in [6, 6.07) is 37.9. The zero-order valence-corrected chi connectivity index (χ0v) is 56.3. The molecule has 4 fully saturated rings. The van der Waals surface area contributed by atoms with Gasteiger partial charge in [0, 0.05) is 46.5 Å². The normalized spacial score (nSPS) is 17.6. The minimum atomic E-state index is -0.742. The predicted molar refractivity (Wildman–Crippen MR) is 365 cm³/mol. The van der Waals surface area contributed by atoms with Crippen molar-refractivity contribution in [2.45, 2.75) is 128 Å². The smallest absolute Gasteiger partial charge is 0.410 e. The van der Waals surface area contributed by atoms with Crippen molar-refractivity contribution < 1.29 is 57.4 Å². The molecule has 4 atom stereocenters. The van der Waals surface area contributed by atoms with E-state index >= 15 is 0 Å². The van der Waals surface area contributed by atoms with Gasteiger partial charge in [-0.1, -0.05) is 80.4 Å². The summed E-state index contributed by atoms with van der Waals surface area (Å²) >= 11 is 6.77. The summed E-state index contributed by atoms with van der Waals surface area (Å²) in [6.07, 6.45) is 3.46. The molecule has 6 N–H and O–H groups in total. The molecule has 94 heavy (non-hydrogen) atoms. The average molecular weight is 1410 g/mol. The van der Waals surface area contributed by atoms with Gasteiger partial charge in [-0.25, -0.2) is 9.59 Å². The summed E-state index contributed by atoms with van der Waals surface area (Å²) in [5.41, 5.74) is 1.76. The molecule has 4 aliphatic rings. The number of hydrogen-bond acceptors (Lipinski definition) is 12. The second-order valence-corrected chi connectivity index (χ2v) is 26.9. The molecule has 0 unspecified atom stereocenters. The van der Waals surface area contributed by atoms with Gasteiger partial charge in [-0.05, 0) is 190 Å². The first-order chi connectivity index (χ1) is 44.8. The molecule has 6 aromatic rings. The molecule has 0 aromatic heterocycles. The SMILES string of the molecule is CC(C)(C)OC(=O)N1CCC[C@H]1C(=O)Nc1ccccc1C(=O)Nc1ccccc1C(=O)N1CCC[C@@H]1C(=O)Nc1ccc(Br)cc1.CC(C)(C)OC(=O)N1CCC[C@H]1C(=O)Nc1ccccc1C(=O)Nc1ccccc1C(=O)N1CCC[C@@H]1C(=O)Nc1ccc(Br)cc1. The van der Waals surface area contributed by atoms with Crippen LogP contribution < -0.4 is 31.9 Å². The lowest BCUT2D eigenvalue weighted by atomic mass is 10.1. The molecule has 10 rings (SSSR count). The van der Waals surface area contributed by atoms with Crippen molar-refractivity contribution in [1.29, 1.82) is 0 Å². The van der Waals surface area contributed by atoms with Gasteiger partial charge < -0.3 is 51.2 Å². The van der Waals surface area contributed by atoms with Crippen LogP contribution in [0.3, 0.4) is 0 Å². The van der Waals surface area contributed by atoms with Gasteiger partial charge in [0.05, 0.1) is 45.0 Å². The Morgan fingerprint density at radius 3 is 0.936 bits per heavy atom. The monoisotopic (exact) mass is 1410 g/mol. The van der Waals surface area contributed by atoms with E-state index in [0.29, 0.717) is 88.9 Å². The molecule has 0 saturated carbocycles. The van der Waals surface area contributed by atoms with E-state index in [-0.39, 0.29) is 68.6 Å². The molecule has 6 aromatic carbocycles. The quantitative estimate of drug-likeness (QED) is 0.0594. The van der Waals surface area contributed by atoms with E-state index in [1.807, 2.05) is 24.3 Å². The zero-order valence-electron chi connectivity index (χ0n) is 53.1. The largest absolute Gasteiger partial charge is 0.444 e. The number of anilines is 6. The summed E-state index contributed by atoms with van der Waals surface area (Å²) in [6.45, 7) is 12.2. The molecule has 0 radical (unpaired) electrons. The molecular formula is C70H76Br2N10O12. The van der Waals surface area contributed by atoms with Gasteiger partial charge >= 0.3 is 12.2 Å². The second-order valence-electron chi connectivity index (χ2n) is 25.0. The Labute approximate surface area is 562 Å². The van der Waals surface area contributed by atoms with Crippen molar-refractivity contribution in [2.24, 2.45) is 0 Å². The van der Waals surface area contributed by atoms with Crippen molar-refractivity contribution in [2.75, 3.05) is 58.1 Å². The van der Waals surface area contributed by atoms with E-state index in [1.54, 1.807) is 163 Å². The van der Waals surface area contributed by atoms with Crippen LogP contribution in [0.4, 0.5) is 43.7 Å². The Kier molecular flexibility index (Phi) is 22.4. The van der Waals surface area contributed by atoms with Gasteiger partial charge in [0.1, 0.15) is 35.4 Å². The first-order valence-electron chi connectivity index (χ1n) is 31.2. The zero-order chi connectivity index (χ0) is 67.4. The number of hydrogen-bond donors (Lipinski definition) is 6. The topological polar surface area (TPSA) is 274 Å². The van der Waals surface area contributed by atoms with Crippen LogP contribution in [0.15, 0.2) is 155 Å². The van der Waals surface area contributed by atoms with Crippen LogP contribution in [-0.4, -0.2) is 141 Å². The first-order valence-corrected chi connectivity index (χ1v) is 32.8. The third-order valence-corrected chi connectivity index (χ3v) is 17.0. The van der Waals surface area contributed by atoms with Crippen molar-refractivity contribution in [3.8, 4) is 0 Å². The molecule has 10 amide bonds. The fourth-order valence-corrected chi connectivity index (χ4v) is 12.0. The number of rotatable bonds is 14. The van der Waals surface area contributed by atoms with E-state index in [4.69, 9.17) is 9.47 Å². The van der Waals surface area contributed by atoms with Crippen LogP contribution in [0, 0.1) is 0 Å². The van der Waals surface area contributed by atoms with Gasteiger partial charge in [-0.3, -0.25) is 48.2 Å². The number of carbonyl (C=O) groups excluding carboxylic acids is 10. The van der Waals surface area contributed by atoms with Gasteiger partial charge in [0.2, 0.25) is 23.6 Å². The maximum absolute atomic E-state index is 13.8. The van der Waals surface area contributed by atoms with E-state index in [1.165, 1.54) is 19.6 Å². The highest BCUT2D eigenvalue weighted by Gasteiger charge is 2.41. The molecular weight excluding hydrogens is 1330 g/mol. The number of carbonyl (C=O) groups is 10. The molecule has 4 heterocycles. The van der Waals surface area contributed by atoms with Crippen molar-refractivity contribution in [3.63, 3.8) is 0 Å². The van der Waals surface area contributed by atoms with E-state index in [9.17, 15) is 47.9 Å². The summed E-state index contributed by atoms with van der Waals surface area (Å²) in [5.74, 6) is -3.24. The molecule has 492 valence electrons. The minimum absolute atomic E-state index is 0.179. The number of nitrogens with zero attached hydrogens (tertiary/aromatic N) is 4. The lowest BCUT2D eigenvalue weighted by molar-refractivity contribution is -0.121. The van der Waals surface area contributed by atoms with Crippen LogP contribution in [-0.2, 0) is 28.7 Å². The first kappa shape index (κ1) is 68.9. The molecule has 0 bridgehead atoms. The highest BCUT2D eigenvalue weighted by molar-refractivity contribution is 9.10. The van der Waals surface area contributed by atoms with Gasteiger partial charge in [0.25, 0.3) is 23.6 Å². The van der Waals surface area contributed by atoms with Gasteiger partial charge in [-0.15, -0.1) is 0 Å². The third-order valence-electron chi connectivity index (χ3n) is 15.9. The predicted octanol–water partition coefficient (Wildman–Crippen LogP) is 12.6. The number of likely N-dealkylation sites (tertiary alicyclic amines) is 4. The van der Waals surface area contributed by atoms with Gasteiger partial charge in [-0.2, -0.15) is 0 Å². The lowest BCUT2D eigenvalue weighted by Gasteiger charge is -2.28. The van der Waals surface area contributed by atoms with Crippen molar-refractivity contribution in [3.05, 3.63) is 177 Å². The van der Waals surface area contributed by atoms with E-state index in [0.717, 1.165) is 8.95 Å². The highest BCUT2D eigenvalue weighted by atomic mass is 79.9. The molecule has 0 spiro atoms. The maximum atomic E-state index is 13.8. The molecule has 0 aliphatic carbocycles. The fraction of sp³-hybridized carbons (Fsp3) is 0.343. The number of benzene rings is 6. The Bertz CT molecular complexity index is 3590. The van der Waals surface area contributed by atoms with Crippen LogP contribution in [0.1, 0.15) is 134 Å². The number of amides is 10. The molecule has 4 aliphatic heterocycles. The number of para-hydroxylation sites is 4. The number of halogens is 2. The Hall–Kier alpha value is -9.42. The average Bonchev–Trinajstić information content (AvgIpc) is 1.48. The maximum Gasteiger partial charge on any atom is 0.410 e. The summed E-state index contributed by atoms with van der Waals surface area (Å²) in [4.78, 5) is 139. The summed E-state index contributed by atoms with van der Waals surface area (Å²) < 4.78 is 12.7. The van der Waals surface area contributed by atoms with E-state index < -0.39 is 71.2 Å². The number of ether oxygens (including phenoxy) is 2. The van der Waals surface area contributed by atoms with Crippen LogP contribution in [0.25, 0.3) is 0 Å². The number of nitrogens with one attached hydrogen (secondary N) is 6. The van der Waals surface area contributed by atoms with Crippen molar-refractivity contribution in [1.82, 2.24) is 19.6 Å². The fourth-order valence-electron chi connectivity index (χ4n) is 11.5. The third kappa shape index (κ3) is 17.6. The molecule has 22 nitrogen and oxygen atoms in total. The standard InChI is InChI=1S/2C35H38BrN5O6/c2*1-35(2,3)47-34(46)41-21-9-15-29(41)32(44)39-26-12-6-4-10-24(26)30(42)38-27-13-7-5-11-25(27)33(45)40-20-8-14-28(40)31(43)37-23-18-16-22(36)17-19-23/h2*4-7,10-13,16-19,28-29H,8-9,14-15,20-21H2,1-3H3,(H,37,43)(H,38,42)(H,39,44)/t2*28-,29+/m11/s1. The minimum Gasteiger partial charge on any atom is -0.444 e. The lowest BCUT2D eigenvalue weighted by Crippen LogP contribution is -2.45. The summed E-state index contributed by atoms with van der Waals surface area (Å²) in [5, 5.41) is 17.1. The summed E-state index contributed by atoms with van der Waals surface area (Å²) in [7, 11) is 0. The Morgan fingerprint density at radius 2 is 0.617 bits per heavy atom. The Morgan fingerprint density at radius 1 is 0.351 bits per heavy atom. The van der Waals surface area contributed by atoms with Crippen molar-refractivity contribution >= 4 is 125 Å². The molecule has 24 heteroatoms.